The average molecular weight is 319 g/mol. The Kier molecular flexibility index (Phi) is 6.63. The molecular formula is C20H34N2O. The molecule has 0 aromatic heterocycles. The zero-order chi connectivity index (χ0) is 16.9. The lowest BCUT2D eigenvalue weighted by Crippen LogP contribution is -2.35. The van der Waals surface area contributed by atoms with E-state index in [4.69, 9.17) is 0 Å². The topological polar surface area (TPSA) is 35.5 Å². The lowest BCUT2D eigenvalue weighted by atomic mass is 9.82. The second-order valence-electron chi connectivity index (χ2n) is 8.17. The summed E-state index contributed by atoms with van der Waals surface area (Å²) in [4.78, 5) is 2.46. The molecule has 2 N–H and O–H groups in total. The molecule has 0 bridgehead atoms. The van der Waals surface area contributed by atoms with Gasteiger partial charge in [0.05, 0.1) is 6.10 Å². The number of likely N-dealkylation sites (tertiary alicyclic amines) is 1. The van der Waals surface area contributed by atoms with E-state index in [0.717, 1.165) is 45.6 Å². The van der Waals surface area contributed by atoms with Gasteiger partial charge in [-0.25, -0.2) is 0 Å². The van der Waals surface area contributed by atoms with Gasteiger partial charge in [-0.05, 0) is 41.8 Å². The van der Waals surface area contributed by atoms with Crippen molar-refractivity contribution in [2.75, 3.05) is 19.6 Å². The molecule has 1 unspecified atom stereocenters. The summed E-state index contributed by atoms with van der Waals surface area (Å²) >= 11 is 0. The summed E-state index contributed by atoms with van der Waals surface area (Å²) in [7, 11) is 0. The molecular weight excluding hydrogens is 284 g/mol. The summed E-state index contributed by atoms with van der Waals surface area (Å²) in [5, 5.41) is 13.3. The maximum Gasteiger partial charge on any atom is 0.0564 e. The number of nitrogens with one attached hydrogen (secondary N) is 1. The Morgan fingerprint density at radius 1 is 1.17 bits per heavy atom. The third-order valence-corrected chi connectivity index (χ3v) is 5.31. The maximum absolute atomic E-state index is 9.64. The minimum Gasteiger partial charge on any atom is -0.393 e. The van der Waals surface area contributed by atoms with E-state index in [1.807, 2.05) is 0 Å². The van der Waals surface area contributed by atoms with Crippen LogP contribution in [0.5, 0.6) is 0 Å². The van der Waals surface area contributed by atoms with E-state index in [9.17, 15) is 5.11 Å². The lowest BCUT2D eigenvalue weighted by Gasteiger charge is -2.30. The first-order valence-electron chi connectivity index (χ1n) is 9.04. The summed E-state index contributed by atoms with van der Waals surface area (Å²) < 4.78 is 0. The van der Waals surface area contributed by atoms with E-state index in [2.05, 4.69) is 62.2 Å². The Morgan fingerprint density at radius 3 is 2.39 bits per heavy atom. The standard InChI is InChI=1S/C20H34N2O/c1-16(20(2,3)4)13-21-14-17-7-5-6-8-18(17)15-22-11-9-19(23)10-12-22/h5-8,16,19,21,23H,9-15H2,1-4H3. The van der Waals surface area contributed by atoms with Gasteiger partial charge in [0.1, 0.15) is 0 Å². The van der Waals surface area contributed by atoms with E-state index >= 15 is 0 Å². The first-order chi connectivity index (χ1) is 10.9. The molecule has 3 nitrogen and oxygen atoms in total. The van der Waals surface area contributed by atoms with Crippen molar-refractivity contribution >= 4 is 0 Å². The fraction of sp³-hybridized carbons (Fsp3) is 0.700. The van der Waals surface area contributed by atoms with Crippen molar-refractivity contribution in [2.24, 2.45) is 11.3 Å². The van der Waals surface area contributed by atoms with Crippen molar-refractivity contribution in [2.45, 2.75) is 59.7 Å². The lowest BCUT2D eigenvalue weighted by molar-refractivity contribution is 0.0791. The molecule has 0 radical (unpaired) electrons. The third-order valence-electron chi connectivity index (χ3n) is 5.31. The summed E-state index contributed by atoms with van der Waals surface area (Å²) in [6, 6.07) is 8.75. The second-order valence-corrected chi connectivity index (χ2v) is 8.17. The highest BCUT2D eigenvalue weighted by Crippen LogP contribution is 2.24. The molecule has 0 amide bonds. The van der Waals surface area contributed by atoms with Gasteiger partial charge in [-0.15, -0.1) is 0 Å². The fourth-order valence-corrected chi connectivity index (χ4v) is 2.93. The number of nitrogens with zero attached hydrogens (tertiary/aromatic N) is 1. The quantitative estimate of drug-likeness (QED) is 0.844. The highest BCUT2D eigenvalue weighted by atomic mass is 16.3. The zero-order valence-electron chi connectivity index (χ0n) is 15.3. The van der Waals surface area contributed by atoms with Gasteiger partial charge < -0.3 is 10.4 Å². The van der Waals surface area contributed by atoms with E-state index in [1.54, 1.807) is 0 Å². The highest BCUT2D eigenvalue weighted by molar-refractivity contribution is 5.27. The monoisotopic (exact) mass is 318 g/mol. The normalized spacial score (nSPS) is 19.0. The van der Waals surface area contributed by atoms with E-state index in [0.29, 0.717) is 11.3 Å². The molecule has 0 aliphatic carbocycles. The summed E-state index contributed by atoms with van der Waals surface area (Å²) in [6.45, 7) is 14.2. The van der Waals surface area contributed by atoms with Crippen LogP contribution in [0.25, 0.3) is 0 Å². The van der Waals surface area contributed by atoms with Crippen LogP contribution in [0.2, 0.25) is 0 Å². The van der Waals surface area contributed by atoms with Gasteiger partial charge in [-0.1, -0.05) is 52.0 Å². The molecule has 0 spiro atoms. The Bertz CT molecular complexity index is 473. The Balaban J connectivity index is 1.87. The van der Waals surface area contributed by atoms with Gasteiger partial charge in [-0.2, -0.15) is 0 Å². The first-order valence-corrected chi connectivity index (χ1v) is 9.04. The number of benzene rings is 1. The molecule has 130 valence electrons. The van der Waals surface area contributed by atoms with Crippen molar-refractivity contribution in [3.05, 3.63) is 35.4 Å². The van der Waals surface area contributed by atoms with Crippen LogP contribution in [-0.2, 0) is 13.1 Å². The predicted octanol–water partition coefficient (Wildman–Crippen LogP) is 3.42. The van der Waals surface area contributed by atoms with Crippen LogP contribution in [0.1, 0.15) is 51.7 Å². The smallest absolute Gasteiger partial charge is 0.0564 e. The zero-order valence-corrected chi connectivity index (χ0v) is 15.3. The highest BCUT2D eigenvalue weighted by Gasteiger charge is 2.20. The molecule has 3 heteroatoms. The van der Waals surface area contributed by atoms with Crippen molar-refractivity contribution < 1.29 is 5.11 Å². The maximum atomic E-state index is 9.64. The average Bonchev–Trinajstić information content (AvgIpc) is 2.50. The number of hydrogen-bond donors (Lipinski definition) is 2. The molecule has 1 heterocycles. The van der Waals surface area contributed by atoms with Crippen LogP contribution in [0.3, 0.4) is 0 Å². The van der Waals surface area contributed by atoms with Gasteiger partial charge in [0.2, 0.25) is 0 Å². The molecule has 1 aromatic rings. The van der Waals surface area contributed by atoms with Crippen molar-refractivity contribution in [1.82, 2.24) is 10.2 Å². The Hall–Kier alpha value is -0.900. The first kappa shape index (κ1) is 18.4. The fourth-order valence-electron chi connectivity index (χ4n) is 2.93. The van der Waals surface area contributed by atoms with Gasteiger partial charge in [0, 0.05) is 26.2 Å². The minimum absolute atomic E-state index is 0.0953. The number of aliphatic hydroxyl groups excluding tert-OH is 1. The molecule has 1 aliphatic heterocycles. The molecule has 23 heavy (non-hydrogen) atoms. The van der Waals surface area contributed by atoms with Crippen LogP contribution < -0.4 is 5.32 Å². The largest absolute Gasteiger partial charge is 0.393 e. The van der Waals surface area contributed by atoms with Gasteiger partial charge in [0.15, 0.2) is 0 Å². The van der Waals surface area contributed by atoms with Crippen molar-refractivity contribution in [1.29, 1.82) is 0 Å². The number of hydrogen-bond acceptors (Lipinski definition) is 3. The third kappa shape index (κ3) is 5.91. The van der Waals surface area contributed by atoms with Crippen LogP contribution in [0.15, 0.2) is 24.3 Å². The van der Waals surface area contributed by atoms with Gasteiger partial charge >= 0.3 is 0 Å². The molecule has 1 atom stereocenters. The minimum atomic E-state index is -0.0953. The van der Waals surface area contributed by atoms with Crippen LogP contribution in [-0.4, -0.2) is 35.7 Å². The van der Waals surface area contributed by atoms with Crippen molar-refractivity contribution in [3.63, 3.8) is 0 Å². The predicted molar refractivity (Wildman–Crippen MR) is 97.3 cm³/mol. The molecule has 1 saturated heterocycles. The Labute approximate surface area is 142 Å². The number of piperidine rings is 1. The number of rotatable bonds is 6. The van der Waals surface area contributed by atoms with E-state index in [-0.39, 0.29) is 6.10 Å². The van der Waals surface area contributed by atoms with E-state index < -0.39 is 0 Å². The molecule has 2 rings (SSSR count). The van der Waals surface area contributed by atoms with Gasteiger partial charge in [-0.3, -0.25) is 4.90 Å². The van der Waals surface area contributed by atoms with Crippen LogP contribution in [0, 0.1) is 11.3 Å². The molecule has 1 aromatic carbocycles. The van der Waals surface area contributed by atoms with Crippen LogP contribution in [0.4, 0.5) is 0 Å². The van der Waals surface area contributed by atoms with Gasteiger partial charge in [0.25, 0.3) is 0 Å². The molecule has 1 fully saturated rings. The van der Waals surface area contributed by atoms with E-state index in [1.165, 1.54) is 11.1 Å². The number of aliphatic hydroxyl groups is 1. The summed E-state index contributed by atoms with van der Waals surface area (Å²) in [6.07, 6.45) is 1.72. The SMILES string of the molecule is CC(CNCc1ccccc1CN1CCC(O)CC1)C(C)(C)C. The molecule has 0 saturated carbocycles. The second kappa shape index (κ2) is 8.27. The molecule has 1 aliphatic rings. The summed E-state index contributed by atoms with van der Waals surface area (Å²) in [5.41, 5.74) is 3.17. The summed E-state index contributed by atoms with van der Waals surface area (Å²) in [5.74, 6) is 0.651. The Morgan fingerprint density at radius 2 is 1.78 bits per heavy atom. The van der Waals surface area contributed by atoms with Crippen molar-refractivity contribution in [3.8, 4) is 0 Å². The van der Waals surface area contributed by atoms with Crippen LogP contribution >= 0.6 is 0 Å².